The molecular weight excluding hydrogens is 434 g/mol. The Morgan fingerprint density at radius 1 is 1.00 bits per heavy atom. The number of imide groups is 1. The zero-order valence-corrected chi connectivity index (χ0v) is 19.5. The number of carbonyl (C=O) groups excluding carboxylic acids is 3. The van der Waals surface area contributed by atoms with Crippen LogP contribution in [0.15, 0.2) is 77.7 Å². The van der Waals surface area contributed by atoms with Gasteiger partial charge in [-0.3, -0.25) is 15.0 Å². The average molecular weight is 460 g/mol. The molecule has 0 aliphatic carbocycles. The van der Waals surface area contributed by atoms with Crippen molar-refractivity contribution < 1.29 is 14.4 Å². The molecule has 0 aromatic heterocycles. The molecule has 4 amide bonds. The number of nitrogens with zero attached hydrogens (tertiary/aromatic N) is 1. The molecule has 4 rings (SSSR count). The zero-order chi connectivity index (χ0) is 23.6. The van der Waals surface area contributed by atoms with Crippen LogP contribution in [-0.2, 0) is 16.1 Å². The van der Waals surface area contributed by atoms with E-state index in [-0.39, 0.29) is 0 Å². The summed E-state index contributed by atoms with van der Waals surface area (Å²) >= 11 is 1.70. The summed E-state index contributed by atoms with van der Waals surface area (Å²) in [6.45, 7) is 5.78. The maximum Gasteiger partial charge on any atom is 0.344 e. The first-order chi connectivity index (χ1) is 15.8. The molecule has 1 heterocycles. The van der Waals surface area contributed by atoms with Gasteiger partial charge in [0.05, 0.1) is 0 Å². The number of aryl methyl sites for hydroxylation is 2. The highest BCUT2D eigenvalue weighted by Gasteiger charge is 2.50. The van der Waals surface area contributed by atoms with E-state index < -0.39 is 23.4 Å². The van der Waals surface area contributed by atoms with Crippen molar-refractivity contribution in [1.82, 2.24) is 15.8 Å². The molecule has 0 spiro atoms. The Balaban J connectivity index is 1.45. The van der Waals surface area contributed by atoms with Crippen LogP contribution in [-0.4, -0.2) is 22.9 Å². The van der Waals surface area contributed by atoms with Crippen LogP contribution in [0.3, 0.4) is 0 Å². The van der Waals surface area contributed by atoms with E-state index in [0.29, 0.717) is 16.9 Å². The van der Waals surface area contributed by atoms with E-state index in [4.69, 9.17) is 0 Å². The number of nitrogens with one attached hydrogen (secondary N) is 2. The van der Waals surface area contributed by atoms with Gasteiger partial charge in [0.25, 0.3) is 11.8 Å². The van der Waals surface area contributed by atoms with Gasteiger partial charge in [0.1, 0.15) is 5.54 Å². The van der Waals surface area contributed by atoms with Crippen LogP contribution in [0.4, 0.5) is 4.79 Å². The Hall–Kier alpha value is -3.58. The number of urea groups is 1. The van der Waals surface area contributed by atoms with Gasteiger partial charge in [-0.05, 0) is 55.7 Å². The standard InChI is InChI=1S/C26H25N3O3S/c1-17-12-13-22(18(2)14-17)33-16-19-8-7-9-20(15-19)23(30)28-29-24(31)26(3,27-25(29)32)21-10-5-4-6-11-21/h4-15H,16H2,1-3H3,(H,27,32)(H,28,30). The van der Waals surface area contributed by atoms with Crippen molar-refractivity contribution in [2.75, 3.05) is 0 Å². The first kappa shape index (κ1) is 22.6. The SMILES string of the molecule is Cc1ccc(SCc2cccc(C(=O)NN3C(=O)NC(C)(c4ccccc4)C3=O)c2)c(C)c1. The molecule has 1 fully saturated rings. The fraction of sp³-hybridized carbons (Fsp3) is 0.192. The minimum atomic E-state index is -1.24. The van der Waals surface area contributed by atoms with Gasteiger partial charge in [-0.15, -0.1) is 11.8 Å². The van der Waals surface area contributed by atoms with E-state index in [0.717, 1.165) is 10.6 Å². The summed E-state index contributed by atoms with van der Waals surface area (Å²) in [4.78, 5) is 39.6. The average Bonchev–Trinajstić information content (AvgIpc) is 3.03. The predicted molar refractivity (Wildman–Crippen MR) is 129 cm³/mol. The molecule has 1 unspecified atom stereocenters. The molecule has 168 valence electrons. The van der Waals surface area contributed by atoms with Crippen molar-refractivity contribution >= 4 is 29.6 Å². The quantitative estimate of drug-likeness (QED) is 0.413. The predicted octanol–water partition coefficient (Wildman–Crippen LogP) is 4.71. The number of hydrazine groups is 1. The lowest BCUT2D eigenvalue weighted by Gasteiger charge is -2.22. The Kier molecular flexibility index (Phi) is 6.24. The summed E-state index contributed by atoms with van der Waals surface area (Å²) < 4.78 is 0. The lowest BCUT2D eigenvalue weighted by Crippen LogP contribution is -2.47. The fourth-order valence-electron chi connectivity index (χ4n) is 3.80. The first-order valence-corrected chi connectivity index (χ1v) is 11.6. The second kappa shape index (κ2) is 9.11. The molecular formula is C26H25N3O3S. The molecule has 0 bridgehead atoms. The third-order valence-corrected chi connectivity index (χ3v) is 6.92. The van der Waals surface area contributed by atoms with E-state index >= 15 is 0 Å². The van der Waals surface area contributed by atoms with Crippen molar-refractivity contribution in [2.24, 2.45) is 0 Å². The van der Waals surface area contributed by atoms with E-state index in [1.54, 1.807) is 61.2 Å². The second-order valence-corrected chi connectivity index (χ2v) is 9.28. The molecule has 0 saturated carbocycles. The Labute approximate surface area is 197 Å². The Morgan fingerprint density at radius 2 is 1.76 bits per heavy atom. The van der Waals surface area contributed by atoms with Crippen LogP contribution in [0.2, 0.25) is 0 Å². The van der Waals surface area contributed by atoms with Gasteiger partial charge in [0, 0.05) is 16.2 Å². The number of carbonyl (C=O) groups is 3. The summed E-state index contributed by atoms with van der Waals surface area (Å²) in [5, 5.41) is 3.44. The molecule has 1 atom stereocenters. The second-order valence-electron chi connectivity index (χ2n) is 8.26. The largest absolute Gasteiger partial charge is 0.344 e. The molecule has 1 aliphatic rings. The van der Waals surface area contributed by atoms with Crippen LogP contribution >= 0.6 is 11.8 Å². The summed E-state index contributed by atoms with van der Waals surface area (Å²) in [6, 6.07) is 21.8. The van der Waals surface area contributed by atoms with E-state index in [2.05, 4.69) is 42.8 Å². The lowest BCUT2D eigenvalue weighted by atomic mass is 9.92. The summed E-state index contributed by atoms with van der Waals surface area (Å²) in [6.07, 6.45) is 0. The maximum atomic E-state index is 13.0. The number of thioether (sulfide) groups is 1. The molecule has 1 saturated heterocycles. The van der Waals surface area contributed by atoms with Crippen molar-refractivity contribution in [2.45, 2.75) is 37.0 Å². The third kappa shape index (κ3) is 4.64. The van der Waals surface area contributed by atoms with Gasteiger partial charge in [0.2, 0.25) is 0 Å². The minimum absolute atomic E-state index is 0.377. The van der Waals surface area contributed by atoms with Gasteiger partial charge in [-0.1, -0.05) is 60.2 Å². The number of rotatable bonds is 6. The lowest BCUT2D eigenvalue weighted by molar-refractivity contribution is -0.132. The minimum Gasteiger partial charge on any atom is -0.318 e. The van der Waals surface area contributed by atoms with Crippen LogP contribution < -0.4 is 10.7 Å². The van der Waals surface area contributed by atoms with Crippen LogP contribution in [0, 0.1) is 13.8 Å². The van der Waals surface area contributed by atoms with Gasteiger partial charge in [-0.2, -0.15) is 5.01 Å². The monoisotopic (exact) mass is 459 g/mol. The first-order valence-electron chi connectivity index (χ1n) is 10.6. The normalized spacial score (nSPS) is 17.7. The van der Waals surface area contributed by atoms with Gasteiger partial charge in [-0.25, -0.2) is 4.79 Å². The molecule has 2 N–H and O–H groups in total. The van der Waals surface area contributed by atoms with E-state index in [1.807, 2.05) is 12.1 Å². The van der Waals surface area contributed by atoms with Gasteiger partial charge in [0.15, 0.2) is 0 Å². The van der Waals surface area contributed by atoms with Crippen molar-refractivity contribution in [3.05, 3.63) is 101 Å². The van der Waals surface area contributed by atoms with Crippen LogP contribution in [0.25, 0.3) is 0 Å². The molecule has 0 radical (unpaired) electrons. The molecule has 3 aromatic rings. The highest BCUT2D eigenvalue weighted by Crippen LogP contribution is 2.29. The maximum absolute atomic E-state index is 13.0. The van der Waals surface area contributed by atoms with E-state index in [1.165, 1.54) is 16.0 Å². The molecule has 3 aromatic carbocycles. The van der Waals surface area contributed by atoms with Crippen molar-refractivity contribution in [1.29, 1.82) is 0 Å². The Bertz CT molecular complexity index is 1230. The highest BCUT2D eigenvalue weighted by molar-refractivity contribution is 7.98. The number of benzene rings is 3. The van der Waals surface area contributed by atoms with Crippen LogP contribution in [0.1, 0.15) is 39.5 Å². The smallest absolute Gasteiger partial charge is 0.318 e. The molecule has 33 heavy (non-hydrogen) atoms. The molecule has 7 heteroatoms. The zero-order valence-electron chi connectivity index (χ0n) is 18.7. The van der Waals surface area contributed by atoms with Gasteiger partial charge >= 0.3 is 6.03 Å². The topological polar surface area (TPSA) is 78.5 Å². The van der Waals surface area contributed by atoms with Gasteiger partial charge < -0.3 is 5.32 Å². The molecule has 6 nitrogen and oxygen atoms in total. The van der Waals surface area contributed by atoms with E-state index in [9.17, 15) is 14.4 Å². The van der Waals surface area contributed by atoms with Crippen molar-refractivity contribution in [3.63, 3.8) is 0 Å². The van der Waals surface area contributed by atoms with Crippen molar-refractivity contribution in [3.8, 4) is 0 Å². The third-order valence-electron chi connectivity index (χ3n) is 5.67. The molecule has 1 aliphatic heterocycles. The fourth-order valence-corrected chi connectivity index (χ4v) is 4.75. The summed E-state index contributed by atoms with van der Waals surface area (Å²) in [7, 11) is 0. The highest BCUT2D eigenvalue weighted by atomic mass is 32.2. The number of amides is 4. The van der Waals surface area contributed by atoms with Crippen LogP contribution in [0.5, 0.6) is 0 Å². The summed E-state index contributed by atoms with van der Waals surface area (Å²) in [5.74, 6) is -0.358. The summed E-state index contributed by atoms with van der Waals surface area (Å²) in [5.41, 5.74) is 5.65. The number of hydrogen-bond donors (Lipinski definition) is 2. The number of hydrogen-bond acceptors (Lipinski definition) is 4. The Morgan fingerprint density at radius 3 is 2.48 bits per heavy atom.